The highest BCUT2D eigenvalue weighted by atomic mass is 32.2. The fourth-order valence-corrected chi connectivity index (χ4v) is 3.24. The van der Waals surface area contributed by atoms with Crippen LogP contribution in [0.5, 0.6) is 11.5 Å². The summed E-state index contributed by atoms with van der Waals surface area (Å²) in [5.74, 6) is 1.14. The normalized spacial score (nSPS) is 11.3. The van der Waals surface area contributed by atoms with Gasteiger partial charge in [-0.25, -0.2) is 12.7 Å². The largest absolute Gasteiger partial charge is 0.497 e. The molecule has 7 nitrogen and oxygen atoms in total. The van der Waals surface area contributed by atoms with Crippen molar-refractivity contribution in [1.82, 2.24) is 9.21 Å². The third-order valence-electron chi connectivity index (χ3n) is 3.96. The molecule has 2 rings (SSSR count). The summed E-state index contributed by atoms with van der Waals surface area (Å²) in [4.78, 5) is 14.1. The predicted molar refractivity (Wildman–Crippen MR) is 103 cm³/mol. The molecular weight excluding hydrogens is 368 g/mol. The minimum absolute atomic E-state index is 0.0845. The number of carbonyl (C=O) groups excluding carboxylic acids is 1. The van der Waals surface area contributed by atoms with Crippen LogP contribution < -0.4 is 9.47 Å². The van der Waals surface area contributed by atoms with Gasteiger partial charge in [0.25, 0.3) is 5.91 Å². The molecule has 0 bridgehead atoms. The summed E-state index contributed by atoms with van der Waals surface area (Å²) in [6.07, 6.45) is 0. The summed E-state index contributed by atoms with van der Waals surface area (Å²) in [5, 5.41) is 0. The van der Waals surface area contributed by atoms with Crippen LogP contribution in [0.4, 0.5) is 0 Å². The van der Waals surface area contributed by atoms with E-state index in [1.807, 2.05) is 0 Å². The lowest BCUT2D eigenvalue weighted by atomic mass is 10.2. The van der Waals surface area contributed by atoms with E-state index in [-0.39, 0.29) is 10.8 Å². The third kappa shape index (κ3) is 5.21. The van der Waals surface area contributed by atoms with Crippen LogP contribution in [0.15, 0.2) is 53.4 Å². The highest BCUT2D eigenvalue weighted by molar-refractivity contribution is 7.89. The molecule has 2 aromatic rings. The third-order valence-corrected chi connectivity index (χ3v) is 5.77. The van der Waals surface area contributed by atoms with Gasteiger partial charge in [0.2, 0.25) is 10.0 Å². The van der Waals surface area contributed by atoms with Crippen LogP contribution in [0.25, 0.3) is 0 Å². The van der Waals surface area contributed by atoms with Gasteiger partial charge in [-0.3, -0.25) is 4.79 Å². The van der Waals surface area contributed by atoms with E-state index in [1.54, 1.807) is 50.6 Å². The number of rotatable bonds is 8. The highest BCUT2D eigenvalue weighted by Gasteiger charge is 2.20. The van der Waals surface area contributed by atoms with E-state index >= 15 is 0 Å². The zero-order valence-electron chi connectivity index (χ0n) is 15.9. The average molecular weight is 392 g/mol. The molecule has 0 aliphatic rings. The van der Waals surface area contributed by atoms with E-state index < -0.39 is 10.0 Å². The topological polar surface area (TPSA) is 76.1 Å². The maximum absolute atomic E-state index is 12.6. The van der Waals surface area contributed by atoms with Gasteiger partial charge in [-0.05, 0) is 42.5 Å². The van der Waals surface area contributed by atoms with Crippen molar-refractivity contribution in [3.8, 4) is 11.5 Å². The smallest absolute Gasteiger partial charge is 0.253 e. The lowest BCUT2D eigenvalue weighted by Gasteiger charge is -2.18. The molecule has 0 aliphatic carbocycles. The van der Waals surface area contributed by atoms with Gasteiger partial charge in [0, 0.05) is 26.7 Å². The fraction of sp³-hybridized carbons (Fsp3) is 0.316. The van der Waals surface area contributed by atoms with Gasteiger partial charge in [-0.15, -0.1) is 0 Å². The summed E-state index contributed by atoms with van der Waals surface area (Å²) in [5.41, 5.74) is 0.310. The molecule has 0 heterocycles. The Hall–Kier alpha value is -2.58. The summed E-state index contributed by atoms with van der Waals surface area (Å²) in [6, 6.07) is 13.2. The highest BCUT2D eigenvalue weighted by Crippen LogP contribution is 2.18. The quantitative estimate of drug-likeness (QED) is 0.688. The Bertz CT molecular complexity index is 879. The van der Waals surface area contributed by atoms with Gasteiger partial charge in [-0.1, -0.05) is 6.07 Å². The molecule has 0 unspecified atom stereocenters. The zero-order valence-corrected chi connectivity index (χ0v) is 16.7. The Balaban J connectivity index is 1.98. The molecule has 0 saturated heterocycles. The standard InChI is InChI=1S/C19H24N2O5S/c1-20(2)27(23,24)18-7-5-6-15(14-18)19(22)21(3)12-13-26-17-10-8-16(25-4)9-11-17/h5-11,14H,12-13H2,1-4H3. The predicted octanol–water partition coefficient (Wildman–Crippen LogP) is 2.10. The first-order chi connectivity index (χ1) is 12.8. The van der Waals surface area contributed by atoms with Crippen molar-refractivity contribution < 1.29 is 22.7 Å². The Kier molecular flexibility index (Phi) is 6.81. The lowest BCUT2D eigenvalue weighted by Crippen LogP contribution is -2.31. The Morgan fingerprint density at radius 1 is 1.00 bits per heavy atom. The molecule has 0 fully saturated rings. The van der Waals surface area contributed by atoms with E-state index in [4.69, 9.17) is 9.47 Å². The molecule has 8 heteroatoms. The molecular formula is C19H24N2O5S. The number of sulfonamides is 1. The summed E-state index contributed by atoms with van der Waals surface area (Å²) < 4.78 is 36.3. The summed E-state index contributed by atoms with van der Waals surface area (Å²) in [6.45, 7) is 0.666. The number of benzene rings is 2. The molecule has 0 saturated carbocycles. The Morgan fingerprint density at radius 2 is 1.63 bits per heavy atom. The second-order valence-corrected chi connectivity index (χ2v) is 8.22. The number of methoxy groups -OCH3 is 1. The number of carbonyl (C=O) groups is 1. The molecule has 0 aromatic heterocycles. The zero-order chi connectivity index (χ0) is 20.0. The van der Waals surface area contributed by atoms with Crippen molar-refractivity contribution in [3.05, 3.63) is 54.1 Å². The number of ether oxygens (including phenoxy) is 2. The van der Waals surface area contributed by atoms with Crippen molar-refractivity contribution in [2.75, 3.05) is 41.4 Å². The minimum Gasteiger partial charge on any atom is -0.497 e. The lowest BCUT2D eigenvalue weighted by molar-refractivity contribution is 0.0773. The summed E-state index contributed by atoms with van der Waals surface area (Å²) in [7, 11) is 2.55. The van der Waals surface area contributed by atoms with Gasteiger partial charge in [0.05, 0.1) is 18.6 Å². The van der Waals surface area contributed by atoms with Crippen LogP contribution in [-0.2, 0) is 10.0 Å². The van der Waals surface area contributed by atoms with E-state index in [2.05, 4.69) is 0 Å². The number of nitrogens with zero attached hydrogens (tertiary/aromatic N) is 2. The Morgan fingerprint density at radius 3 is 2.22 bits per heavy atom. The van der Waals surface area contributed by atoms with E-state index in [9.17, 15) is 13.2 Å². The first kappa shape index (κ1) is 20.7. The molecule has 2 aromatic carbocycles. The number of hydrogen-bond acceptors (Lipinski definition) is 5. The van der Waals surface area contributed by atoms with Crippen LogP contribution in [0, 0.1) is 0 Å². The van der Waals surface area contributed by atoms with Crippen molar-refractivity contribution in [2.24, 2.45) is 0 Å². The van der Waals surface area contributed by atoms with Crippen LogP contribution >= 0.6 is 0 Å². The van der Waals surface area contributed by atoms with E-state index in [0.29, 0.717) is 24.5 Å². The van der Waals surface area contributed by atoms with Crippen molar-refractivity contribution >= 4 is 15.9 Å². The second kappa shape index (κ2) is 8.88. The SMILES string of the molecule is COc1ccc(OCCN(C)C(=O)c2cccc(S(=O)(=O)N(C)C)c2)cc1. The maximum Gasteiger partial charge on any atom is 0.253 e. The minimum atomic E-state index is -3.59. The molecule has 0 N–H and O–H groups in total. The fourth-order valence-electron chi connectivity index (χ4n) is 2.29. The Labute approximate surface area is 160 Å². The van der Waals surface area contributed by atoms with Crippen molar-refractivity contribution in [1.29, 1.82) is 0 Å². The van der Waals surface area contributed by atoms with Crippen LogP contribution in [0.2, 0.25) is 0 Å². The van der Waals surface area contributed by atoms with Gasteiger partial charge in [0.1, 0.15) is 18.1 Å². The summed E-state index contributed by atoms with van der Waals surface area (Å²) >= 11 is 0. The van der Waals surface area contributed by atoms with Crippen LogP contribution in [0.3, 0.4) is 0 Å². The van der Waals surface area contributed by atoms with Crippen LogP contribution in [-0.4, -0.2) is 64.9 Å². The first-order valence-electron chi connectivity index (χ1n) is 8.30. The molecule has 1 amide bonds. The second-order valence-electron chi connectivity index (χ2n) is 6.07. The number of amides is 1. The molecule has 27 heavy (non-hydrogen) atoms. The van der Waals surface area contributed by atoms with E-state index in [1.165, 1.54) is 31.1 Å². The number of hydrogen-bond donors (Lipinski definition) is 0. The molecule has 0 spiro atoms. The molecule has 0 aliphatic heterocycles. The molecule has 0 atom stereocenters. The van der Waals surface area contributed by atoms with Crippen LogP contribution in [0.1, 0.15) is 10.4 Å². The van der Waals surface area contributed by atoms with Gasteiger partial charge in [0.15, 0.2) is 0 Å². The van der Waals surface area contributed by atoms with E-state index in [0.717, 1.165) is 10.1 Å². The maximum atomic E-state index is 12.6. The van der Waals surface area contributed by atoms with Gasteiger partial charge >= 0.3 is 0 Å². The first-order valence-corrected chi connectivity index (χ1v) is 9.74. The molecule has 0 radical (unpaired) electrons. The number of likely N-dealkylation sites (N-methyl/N-ethyl adjacent to an activating group) is 1. The van der Waals surface area contributed by atoms with Crippen molar-refractivity contribution in [3.63, 3.8) is 0 Å². The molecule has 146 valence electrons. The van der Waals surface area contributed by atoms with Gasteiger partial charge in [-0.2, -0.15) is 0 Å². The van der Waals surface area contributed by atoms with Gasteiger partial charge < -0.3 is 14.4 Å². The van der Waals surface area contributed by atoms with Crippen molar-refractivity contribution in [2.45, 2.75) is 4.90 Å². The average Bonchev–Trinajstić information content (AvgIpc) is 2.67. The monoisotopic (exact) mass is 392 g/mol.